The molecule has 174 valence electrons. The van der Waals surface area contributed by atoms with Gasteiger partial charge in [-0.1, -0.05) is 17.7 Å². The molecule has 0 bridgehead atoms. The lowest BCUT2D eigenvalue weighted by Crippen LogP contribution is -2.32. The Labute approximate surface area is 193 Å². The second-order valence-electron chi connectivity index (χ2n) is 7.71. The number of aromatic nitrogens is 3. The standard InChI is InChI=1S/C22H22ClF3N6O/c23-14-2-3-19(16(27)9-14)32-7-5-18-15(11-32)21(30-12-29-18)31-17(6-8-33)13-1-4-20(28-10-13)22(24,25)26/h1-4,9-10,12,17,33H,5-8,11,27H2,(H,29,30,31)/t17-/m1/s1. The van der Waals surface area contributed by atoms with Gasteiger partial charge in [-0.15, -0.1) is 0 Å². The zero-order chi connectivity index (χ0) is 23.6. The van der Waals surface area contributed by atoms with Crippen molar-refractivity contribution >= 4 is 28.8 Å². The molecule has 3 heterocycles. The van der Waals surface area contributed by atoms with Crippen LogP contribution in [0.2, 0.25) is 5.02 Å². The van der Waals surface area contributed by atoms with E-state index in [1.165, 1.54) is 18.6 Å². The maximum atomic E-state index is 12.9. The Kier molecular flexibility index (Phi) is 6.57. The highest BCUT2D eigenvalue weighted by Gasteiger charge is 2.32. The van der Waals surface area contributed by atoms with E-state index in [0.717, 1.165) is 23.0 Å². The first-order valence-corrected chi connectivity index (χ1v) is 10.7. The zero-order valence-electron chi connectivity index (χ0n) is 17.5. The van der Waals surface area contributed by atoms with E-state index in [4.69, 9.17) is 17.3 Å². The Morgan fingerprint density at radius 2 is 2.00 bits per heavy atom. The van der Waals surface area contributed by atoms with Crippen LogP contribution in [0.3, 0.4) is 0 Å². The number of rotatable bonds is 6. The lowest BCUT2D eigenvalue weighted by molar-refractivity contribution is -0.141. The minimum absolute atomic E-state index is 0.167. The average molecular weight is 479 g/mol. The molecule has 0 saturated carbocycles. The third kappa shape index (κ3) is 5.12. The van der Waals surface area contributed by atoms with Crippen molar-refractivity contribution in [2.45, 2.75) is 31.6 Å². The van der Waals surface area contributed by atoms with E-state index in [0.29, 0.717) is 41.6 Å². The first-order valence-electron chi connectivity index (χ1n) is 10.3. The van der Waals surface area contributed by atoms with Gasteiger partial charge in [-0.05, 0) is 36.2 Å². The van der Waals surface area contributed by atoms with E-state index >= 15 is 0 Å². The summed E-state index contributed by atoms with van der Waals surface area (Å²) < 4.78 is 38.6. The molecule has 7 nitrogen and oxygen atoms in total. The van der Waals surface area contributed by atoms with E-state index in [1.807, 2.05) is 6.07 Å². The summed E-state index contributed by atoms with van der Waals surface area (Å²) in [5.41, 5.74) is 8.86. The van der Waals surface area contributed by atoms with Crippen LogP contribution in [0.1, 0.15) is 35.0 Å². The molecule has 2 aromatic heterocycles. The maximum absolute atomic E-state index is 12.9. The van der Waals surface area contributed by atoms with Crippen LogP contribution < -0.4 is 16.0 Å². The number of alkyl halides is 3. The predicted molar refractivity (Wildman–Crippen MR) is 120 cm³/mol. The van der Waals surface area contributed by atoms with Crippen molar-refractivity contribution in [2.24, 2.45) is 0 Å². The maximum Gasteiger partial charge on any atom is 0.433 e. The van der Waals surface area contributed by atoms with Crippen molar-refractivity contribution in [3.8, 4) is 0 Å². The number of nitrogen functional groups attached to an aromatic ring is 1. The Morgan fingerprint density at radius 1 is 1.18 bits per heavy atom. The van der Waals surface area contributed by atoms with E-state index in [-0.39, 0.29) is 13.0 Å². The first-order chi connectivity index (χ1) is 15.8. The van der Waals surface area contributed by atoms with Crippen molar-refractivity contribution in [3.05, 3.63) is 70.4 Å². The molecule has 0 radical (unpaired) electrons. The number of hydrogen-bond donors (Lipinski definition) is 3. The van der Waals surface area contributed by atoms with Crippen molar-refractivity contribution in [2.75, 3.05) is 29.1 Å². The molecule has 1 aromatic carbocycles. The quantitative estimate of drug-likeness (QED) is 0.456. The van der Waals surface area contributed by atoms with Crippen molar-refractivity contribution in [1.29, 1.82) is 0 Å². The molecule has 1 atom stereocenters. The molecule has 33 heavy (non-hydrogen) atoms. The van der Waals surface area contributed by atoms with E-state index in [9.17, 15) is 18.3 Å². The average Bonchev–Trinajstić information content (AvgIpc) is 2.78. The number of aliphatic hydroxyl groups is 1. The fraction of sp³-hybridized carbons (Fsp3) is 0.318. The summed E-state index contributed by atoms with van der Waals surface area (Å²) in [6.07, 6.45) is -0.961. The molecular weight excluding hydrogens is 457 g/mol. The number of fused-ring (bicyclic) bond motifs is 1. The van der Waals surface area contributed by atoms with Gasteiger partial charge < -0.3 is 21.1 Å². The predicted octanol–water partition coefficient (Wildman–Crippen LogP) is 4.22. The molecule has 3 aromatic rings. The van der Waals surface area contributed by atoms with Gasteiger partial charge in [0.05, 0.1) is 23.1 Å². The van der Waals surface area contributed by atoms with Gasteiger partial charge in [0.2, 0.25) is 0 Å². The molecule has 0 unspecified atom stereocenters. The largest absolute Gasteiger partial charge is 0.433 e. The number of hydrogen-bond acceptors (Lipinski definition) is 7. The number of aliphatic hydroxyl groups excluding tert-OH is 1. The van der Waals surface area contributed by atoms with Crippen LogP contribution >= 0.6 is 11.6 Å². The molecule has 0 saturated heterocycles. The summed E-state index contributed by atoms with van der Waals surface area (Å²) in [5, 5.41) is 13.4. The lowest BCUT2D eigenvalue weighted by Gasteiger charge is -2.32. The van der Waals surface area contributed by atoms with Gasteiger partial charge in [0.25, 0.3) is 0 Å². The summed E-state index contributed by atoms with van der Waals surface area (Å²) in [6.45, 7) is 1.03. The van der Waals surface area contributed by atoms with Crippen LogP contribution in [-0.4, -0.2) is 33.2 Å². The van der Waals surface area contributed by atoms with Crippen LogP contribution in [0.4, 0.5) is 30.4 Å². The zero-order valence-corrected chi connectivity index (χ0v) is 18.2. The molecule has 0 aliphatic carbocycles. The number of anilines is 3. The molecule has 0 fully saturated rings. The molecule has 1 aliphatic heterocycles. The van der Waals surface area contributed by atoms with Crippen molar-refractivity contribution in [3.63, 3.8) is 0 Å². The fourth-order valence-electron chi connectivity index (χ4n) is 3.88. The second-order valence-corrected chi connectivity index (χ2v) is 8.14. The van der Waals surface area contributed by atoms with Gasteiger partial charge in [0.1, 0.15) is 17.8 Å². The monoisotopic (exact) mass is 478 g/mol. The van der Waals surface area contributed by atoms with Gasteiger partial charge in [-0.25, -0.2) is 9.97 Å². The molecule has 11 heteroatoms. The van der Waals surface area contributed by atoms with Crippen LogP contribution in [0.25, 0.3) is 0 Å². The van der Waals surface area contributed by atoms with Crippen molar-refractivity contribution in [1.82, 2.24) is 15.0 Å². The number of nitrogens with one attached hydrogen (secondary N) is 1. The van der Waals surface area contributed by atoms with Gasteiger partial charge in [-0.3, -0.25) is 4.98 Å². The minimum atomic E-state index is -4.52. The Bertz CT molecular complexity index is 1130. The number of nitrogens with zero attached hydrogens (tertiary/aromatic N) is 4. The molecule has 0 spiro atoms. The van der Waals surface area contributed by atoms with Gasteiger partial charge in [-0.2, -0.15) is 13.2 Å². The Morgan fingerprint density at radius 3 is 2.67 bits per heavy atom. The number of halogens is 4. The van der Waals surface area contributed by atoms with E-state index < -0.39 is 17.9 Å². The summed E-state index contributed by atoms with van der Waals surface area (Å²) in [7, 11) is 0. The van der Waals surface area contributed by atoms with Crippen LogP contribution in [0.5, 0.6) is 0 Å². The fourth-order valence-corrected chi connectivity index (χ4v) is 4.06. The number of pyridine rings is 1. The third-order valence-corrected chi connectivity index (χ3v) is 5.78. The molecule has 4 rings (SSSR count). The summed E-state index contributed by atoms with van der Waals surface area (Å²) in [5.74, 6) is 0.551. The Hall–Kier alpha value is -3.11. The van der Waals surface area contributed by atoms with Crippen molar-refractivity contribution < 1.29 is 18.3 Å². The van der Waals surface area contributed by atoms with E-state index in [1.54, 1.807) is 12.1 Å². The SMILES string of the molecule is Nc1cc(Cl)ccc1N1CCc2ncnc(N[C@H](CCO)c3ccc(C(F)(F)F)nc3)c2C1. The van der Waals surface area contributed by atoms with Crippen LogP contribution in [0, 0.1) is 0 Å². The minimum Gasteiger partial charge on any atom is -0.397 e. The van der Waals surface area contributed by atoms with E-state index in [2.05, 4.69) is 25.2 Å². The normalized spacial score (nSPS) is 14.6. The first kappa shape index (κ1) is 23.1. The number of nitrogens with two attached hydrogens (primary N) is 1. The van der Waals surface area contributed by atoms with Gasteiger partial charge in [0.15, 0.2) is 0 Å². The molecule has 0 amide bonds. The van der Waals surface area contributed by atoms with Crippen LogP contribution in [0.15, 0.2) is 42.9 Å². The smallest absolute Gasteiger partial charge is 0.397 e. The number of benzene rings is 1. The topological polar surface area (TPSA) is 100 Å². The molecule has 4 N–H and O–H groups in total. The van der Waals surface area contributed by atoms with Gasteiger partial charge >= 0.3 is 6.18 Å². The summed E-state index contributed by atoms with van der Waals surface area (Å²) >= 11 is 6.03. The molecule has 1 aliphatic rings. The molecular formula is C22H22ClF3N6O. The summed E-state index contributed by atoms with van der Waals surface area (Å²) in [4.78, 5) is 14.4. The van der Waals surface area contributed by atoms with Crippen LogP contribution in [-0.2, 0) is 19.1 Å². The second kappa shape index (κ2) is 9.40. The third-order valence-electron chi connectivity index (χ3n) is 5.54. The lowest BCUT2D eigenvalue weighted by atomic mass is 10.0. The Balaban J connectivity index is 1.60. The summed E-state index contributed by atoms with van der Waals surface area (Å²) in [6, 6.07) is 7.14. The highest BCUT2D eigenvalue weighted by atomic mass is 35.5. The van der Waals surface area contributed by atoms with Gasteiger partial charge in [0, 0.05) is 42.9 Å². The highest BCUT2D eigenvalue weighted by Crippen LogP contribution is 2.34. The highest BCUT2D eigenvalue weighted by molar-refractivity contribution is 6.31.